The molecule has 3 rings (SSSR count). The topological polar surface area (TPSA) is 58.6 Å². The highest BCUT2D eigenvalue weighted by molar-refractivity contribution is 6.00. The highest BCUT2D eigenvalue weighted by Crippen LogP contribution is 2.40. The summed E-state index contributed by atoms with van der Waals surface area (Å²) in [6, 6.07) is -0.183. The van der Waals surface area contributed by atoms with Crippen LogP contribution in [-0.4, -0.2) is 47.6 Å². The van der Waals surface area contributed by atoms with E-state index < -0.39 is 5.54 Å². The molecule has 1 aliphatic carbocycles. The van der Waals surface area contributed by atoms with Crippen LogP contribution in [0.4, 0.5) is 0 Å². The maximum Gasteiger partial charge on any atom is 0.249 e. The molecule has 1 N–H and O–H groups in total. The lowest BCUT2D eigenvalue weighted by molar-refractivity contribution is -0.159. The Hall–Kier alpha value is -1.10. The monoisotopic (exact) mass is 280 g/mol. The third kappa shape index (κ3) is 2.03. The molecule has 1 saturated carbocycles. The van der Waals surface area contributed by atoms with E-state index in [4.69, 9.17) is 4.74 Å². The second-order valence-corrected chi connectivity index (χ2v) is 6.29. The second-order valence-electron chi connectivity index (χ2n) is 6.29. The number of rotatable bonds is 4. The van der Waals surface area contributed by atoms with Crippen LogP contribution in [0.15, 0.2) is 0 Å². The van der Waals surface area contributed by atoms with Gasteiger partial charge < -0.3 is 15.0 Å². The van der Waals surface area contributed by atoms with Crippen molar-refractivity contribution in [3.63, 3.8) is 0 Å². The van der Waals surface area contributed by atoms with Crippen LogP contribution in [0.25, 0.3) is 0 Å². The van der Waals surface area contributed by atoms with Crippen LogP contribution >= 0.6 is 0 Å². The molecule has 5 nitrogen and oxygen atoms in total. The molecule has 3 aliphatic rings. The van der Waals surface area contributed by atoms with E-state index in [1.165, 1.54) is 0 Å². The van der Waals surface area contributed by atoms with Gasteiger partial charge in [-0.2, -0.15) is 0 Å². The van der Waals surface area contributed by atoms with E-state index in [9.17, 15) is 9.59 Å². The Morgan fingerprint density at radius 2 is 1.95 bits per heavy atom. The summed E-state index contributed by atoms with van der Waals surface area (Å²) in [7, 11) is 0. The summed E-state index contributed by atoms with van der Waals surface area (Å²) in [5, 5.41) is 3.03. The molecule has 2 heterocycles. The van der Waals surface area contributed by atoms with Crippen molar-refractivity contribution < 1.29 is 14.3 Å². The van der Waals surface area contributed by atoms with E-state index in [-0.39, 0.29) is 23.9 Å². The van der Waals surface area contributed by atoms with Gasteiger partial charge in [-0.1, -0.05) is 13.8 Å². The van der Waals surface area contributed by atoms with Crippen molar-refractivity contribution in [2.75, 3.05) is 13.2 Å². The SMILES string of the molecule is CCC1(CC)NC(=O)C(C2CC2)N(C2CCOC2)C1=O. The molecular weight excluding hydrogens is 256 g/mol. The number of piperazine rings is 1. The summed E-state index contributed by atoms with van der Waals surface area (Å²) in [4.78, 5) is 27.5. The quantitative estimate of drug-likeness (QED) is 0.838. The van der Waals surface area contributed by atoms with E-state index >= 15 is 0 Å². The molecule has 112 valence electrons. The average Bonchev–Trinajstić information content (AvgIpc) is 3.15. The van der Waals surface area contributed by atoms with Gasteiger partial charge in [0.15, 0.2) is 0 Å². The molecule has 0 bridgehead atoms. The Morgan fingerprint density at radius 1 is 1.25 bits per heavy atom. The molecular formula is C15H24N2O3. The first-order valence-corrected chi connectivity index (χ1v) is 7.85. The summed E-state index contributed by atoms with van der Waals surface area (Å²) in [5.41, 5.74) is -0.703. The average molecular weight is 280 g/mol. The number of amides is 2. The van der Waals surface area contributed by atoms with Gasteiger partial charge in [0.1, 0.15) is 11.6 Å². The number of hydrogen-bond donors (Lipinski definition) is 1. The van der Waals surface area contributed by atoms with Crippen LogP contribution < -0.4 is 5.32 Å². The van der Waals surface area contributed by atoms with Crippen molar-refractivity contribution in [3.05, 3.63) is 0 Å². The first kappa shape index (κ1) is 13.9. The zero-order valence-electron chi connectivity index (χ0n) is 12.4. The van der Waals surface area contributed by atoms with Crippen LogP contribution in [0, 0.1) is 5.92 Å². The highest BCUT2D eigenvalue weighted by Gasteiger charge is 2.55. The Balaban J connectivity index is 1.93. The number of ether oxygens (including phenoxy) is 1. The highest BCUT2D eigenvalue weighted by atomic mass is 16.5. The van der Waals surface area contributed by atoms with E-state index in [1.807, 2.05) is 18.7 Å². The molecule has 0 aromatic heterocycles. The van der Waals surface area contributed by atoms with E-state index in [0.717, 1.165) is 19.3 Å². The zero-order chi connectivity index (χ0) is 14.3. The summed E-state index contributed by atoms with van der Waals surface area (Å²) < 4.78 is 5.45. The minimum Gasteiger partial charge on any atom is -0.379 e. The van der Waals surface area contributed by atoms with Gasteiger partial charge in [-0.05, 0) is 38.0 Å². The van der Waals surface area contributed by atoms with Crippen molar-refractivity contribution in [2.45, 2.75) is 63.6 Å². The first-order valence-electron chi connectivity index (χ1n) is 7.85. The van der Waals surface area contributed by atoms with Gasteiger partial charge in [0.2, 0.25) is 11.8 Å². The smallest absolute Gasteiger partial charge is 0.249 e. The maximum absolute atomic E-state index is 13.0. The van der Waals surface area contributed by atoms with Gasteiger partial charge in [-0.25, -0.2) is 0 Å². The summed E-state index contributed by atoms with van der Waals surface area (Å²) >= 11 is 0. The fourth-order valence-electron chi connectivity index (χ4n) is 3.58. The van der Waals surface area contributed by atoms with Crippen LogP contribution in [0.3, 0.4) is 0 Å². The summed E-state index contributed by atoms with van der Waals surface area (Å²) in [6.07, 6.45) is 4.26. The molecule has 5 heteroatoms. The molecule has 0 aromatic carbocycles. The Morgan fingerprint density at radius 3 is 2.45 bits per heavy atom. The summed E-state index contributed by atoms with van der Waals surface area (Å²) in [5.74, 6) is 0.503. The predicted octanol–water partition coefficient (Wildman–Crippen LogP) is 1.07. The molecule has 20 heavy (non-hydrogen) atoms. The fraction of sp³-hybridized carbons (Fsp3) is 0.867. The lowest BCUT2D eigenvalue weighted by Crippen LogP contribution is -2.72. The van der Waals surface area contributed by atoms with E-state index in [1.54, 1.807) is 0 Å². The van der Waals surface area contributed by atoms with Crippen molar-refractivity contribution in [3.8, 4) is 0 Å². The van der Waals surface area contributed by atoms with Crippen LogP contribution in [0.2, 0.25) is 0 Å². The van der Waals surface area contributed by atoms with Gasteiger partial charge in [0.25, 0.3) is 0 Å². The molecule has 2 saturated heterocycles. The summed E-state index contributed by atoms with van der Waals surface area (Å²) in [6.45, 7) is 5.22. The second kappa shape index (κ2) is 5.02. The standard InChI is InChI=1S/C15H24N2O3/c1-3-15(4-2)14(19)17(11-7-8-20-9-11)12(10-5-6-10)13(18)16-15/h10-12H,3-9H2,1-2H3,(H,16,18). The number of carbonyl (C=O) groups is 2. The Bertz CT molecular complexity index is 409. The lowest BCUT2D eigenvalue weighted by Gasteiger charge is -2.47. The van der Waals surface area contributed by atoms with Crippen molar-refractivity contribution in [2.24, 2.45) is 5.92 Å². The first-order chi connectivity index (χ1) is 9.63. The van der Waals surface area contributed by atoms with Gasteiger partial charge in [-0.15, -0.1) is 0 Å². The van der Waals surface area contributed by atoms with Gasteiger partial charge in [0, 0.05) is 6.61 Å². The Kier molecular flexibility index (Phi) is 3.48. The molecule has 2 aliphatic heterocycles. The van der Waals surface area contributed by atoms with Crippen LogP contribution in [0.5, 0.6) is 0 Å². The third-order valence-electron chi connectivity index (χ3n) is 5.15. The minimum absolute atomic E-state index is 0.0442. The molecule has 0 spiro atoms. The van der Waals surface area contributed by atoms with Crippen molar-refractivity contribution in [1.29, 1.82) is 0 Å². The van der Waals surface area contributed by atoms with Gasteiger partial charge in [-0.3, -0.25) is 9.59 Å². The van der Waals surface area contributed by atoms with Crippen LogP contribution in [0.1, 0.15) is 46.0 Å². The molecule has 0 radical (unpaired) electrons. The molecule has 2 unspecified atom stereocenters. The van der Waals surface area contributed by atoms with Crippen molar-refractivity contribution >= 4 is 11.8 Å². The largest absolute Gasteiger partial charge is 0.379 e. The minimum atomic E-state index is -0.703. The number of carbonyl (C=O) groups excluding carboxylic acids is 2. The predicted molar refractivity (Wildman–Crippen MR) is 74.0 cm³/mol. The zero-order valence-corrected chi connectivity index (χ0v) is 12.4. The molecule has 0 aromatic rings. The Labute approximate surface area is 120 Å². The van der Waals surface area contributed by atoms with E-state index in [0.29, 0.717) is 32.0 Å². The lowest BCUT2D eigenvalue weighted by atomic mass is 9.85. The number of nitrogens with one attached hydrogen (secondary N) is 1. The molecule has 2 amide bonds. The fourth-order valence-corrected chi connectivity index (χ4v) is 3.58. The normalized spacial score (nSPS) is 33.4. The number of hydrogen-bond acceptors (Lipinski definition) is 3. The maximum atomic E-state index is 13.0. The third-order valence-corrected chi connectivity index (χ3v) is 5.15. The van der Waals surface area contributed by atoms with Gasteiger partial charge >= 0.3 is 0 Å². The molecule has 2 atom stereocenters. The van der Waals surface area contributed by atoms with Gasteiger partial charge in [0.05, 0.1) is 12.6 Å². The van der Waals surface area contributed by atoms with Crippen LogP contribution in [-0.2, 0) is 14.3 Å². The van der Waals surface area contributed by atoms with Crippen molar-refractivity contribution in [1.82, 2.24) is 10.2 Å². The number of nitrogens with zero attached hydrogens (tertiary/aromatic N) is 1. The van der Waals surface area contributed by atoms with E-state index in [2.05, 4.69) is 5.32 Å². The molecule has 3 fully saturated rings.